The SMILES string of the molecule is O=C(O)c1cc(C(=O)O)cc(C2Oc3ccccc3O2)c1. The summed E-state index contributed by atoms with van der Waals surface area (Å²) >= 11 is 0. The number of hydrogen-bond donors (Lipinski definition) is 2. The van der Waals surface area contributed by atoms with E-state index in [1.165, 1.54) is 12.1 Å². The highest BCUT2D eigenvalue weighted by atomic mass is 16.7. The van der Waals surface area contributed by atoms with Crippen LogP contribution in [0.1, 0.15) is 32.6 Å². The van der Waals surface area contributed by atoms with Crippen LogP contribution >= 0.6 is 0 Å². The zero-order chi connectivity index (χ0) is 15.0. The van der Waals surface area contributed by atoms with Crippen LogP contribution in [-0.2, 0) is 0 Å². The van der Waals surface area contributed by atoms with E-state index in [9.17, 15) is 9.59 Å². The van der Waals surface area contributed by atoms with E-state index >= 15 is 0 Å². The van der Waals surface area contributed by atoms with Gasteiger partial charge < -0.3 is 19.7 Å². The largest absolute Gasteiger partial charge is 0.478 e. The van der Waals surface area contributed by atoms with E-state index in [2.05, 4.69) is 0 Å². The Bertz CT molecular complexity index is 679. The minimum Gasteiger partial charge on any atom is -0.478 e. The van der Waals surface area contributed by atoms with Crippen LogP contribution in [0.25, 0.3) is 0 Å². The summed E-state index contributed by atoms with van der Waals surface area (Å²) in [6, 6.07) is 10.8. The number of carbonyl (C=O) groups is 2. The average molecular weight is 286 g/mol. The van der Waals surface area contributed by atoms with Gasteiger partial charge in [-0.1, -0.05) is 12.1 Å². The minimum atomic E-state index is -1.21. The van der Waals surface area contributed by atoms with Crippen molar-refractivity contribution in [2.75, 3.05) is 0 Å². The fourth-order valence-corrected chi connectivity index (χ4v) is 2.07. The first-order chi connectivity index (χ1) is 10.0. The third kappa shape index (κ3) is 2.38. The Morgan fingerprint density at radius 1 is 0.857 bits per heavy atom. The molecular weight excluding hydrogens is 276 g/mol. The van der Waals surface area contributed by atoms with Crippen LogP contribution in [-0.4, -0.2) is 22.2 Å². The van der Waals surface area contributed by atoms with Gasteiger partial charge in [0, 0.05) is 5.56 Å². The van der Waals surface area contributed by atoms with Crippen LogP contribution in [0.15, 0.2) is 42.5 Å². The molecule has 1 aliphatic heterocycles. The van der Waals surface area contributed by atoms with Crippen molar-refractivity contribution in [1.29, 1.82) is 0 Å². The van der Waals surface area contributed by atoms with Gasteiger partial charge in [0.25, 0.3) is 6.29 Å². The Morgan fingerprint density at radius 2 is 1.33 bits per heavy atom. The third-order valence-electron chi connectivity index (χ3n) is 3.04. The van der Waals surface area contributed by atoms with Crippen LogP contribution in [0, 0.1) is 0 Å². The number of hydrogen-bond acceptors (Lipinski definition) is 4. The molecule has 2 aromatic carbocycles. The molecule has 6 nitrogen and oxygen atoms in total. The molecule has 0 fully saturated rings. The molecule has 3 rings (SSSR count). The van der Waals surface area contributed by atoms with Crippen molar-refractivity contribution in [2.45, 2.75) is 6.29 Å². The number of benzene rings is 2. The Balaban J connectivity index is 2.00. The molecule has 0 unspecified atom stereocenters. The van der Waals surface area contributed by atoms with E-state index in [0.29, 0.717) is 17.1 Å². The van der Waals surface area contributed by atoms with Crippen LogP contribution < -0.4 is 9.47 Å². The zero-order valence-electron chi connectivity index (χ0n) is 10.6. The third-order valence-corrected chi connectivity index (χ3v) is 3.04. The van der Waals surface area contributed by atoms with Gasteiger partial charge in [-0.25, -0.2) is 9.59 Å². The molecule has 0 amide bonds. The first-order valence-electron chi connectivity index (χ1n) is 6.08. The van der Waals surface area contributed by atoms with Gasteiger partial charge in [-0.05, 0) is 30.3 Å². The Labute approximate surface area is 119 Å². The van der Waals surface area contributed by atoms with Crippen LogP contribution in [0.4, 0.5) is 0 Å². The molecule has 0 saturated heterocycles. The van der Waals surface area contributed by atoms with Gasteiger partial charge in [0.2, 0.25) is 0 Å². The van der Waals surface area contributed by atoms with E-state index in [4.69, 9.17) is 19.7 Å². The summed E-state index contributed by atoms with van der Waals surface area (Å²) in [5, 5.41) is 18.1. The number of aromatic carboxylic acids is 2. The molecule has 21 heavy (non-hydrogen) atoms. The summed E-state index contributed by atoms with van der Waals surface area (Å²) in [5.74, 6) is -1.37. The molecule has 1 aliphatic rings. The van der Waals surface area contributed by atoms with Crippen LogP contribution in [0.3, 0.4) is 0 Å². The number of para-hydroxylation sites is 2. The molecule has 2 aromatic rings. The van der Waals surface area contributed by atoms with Gasteiger partial charge in [-0.3, -0.25) is 0 Å². The van der Waals surface area contributed by atoms with Crippen molar-refractivity contribution < 1.29 is 29.3 Å². The topological polar surface area (TPSA) is 93.1 Å². The lowest BCUT2D eigenvalue weighted by molar-refractivity contribution is 0.0483. The molecule has 0 spiro atoms. The lowest BCUT2D eigenvalue weighted by atomic mass is 10.1. The van der Waals surface area contributed by atoms with Crippen molar-refractivity contribution >= 4 is 11.9 Å². The monoisotopic (exact) mass is 286 g/mol. The number of carboxylic acids is 2. The second kappa shape index (κ2) is 4.82. The van der Waals surface area contributed by atoms with Crippen LogP contribution in [0.2, 0.25) is 0 Å². The summed E-state index contributed by atoms with van der Waals surface area (Å²) in [5.41, 5.74) is 0.0737. The summed E-state index contributed by atoms with van der Waals surface area (Å²) in [6.07, 6.45) is -0.861. The Kier molecular flexibility index (Phi) is 2.98. The summed E-state index contributed by atoms with van der Waals surface area (Å²) in [7, 11) is 0. The second-order valence-corrected chi connectivity index (χ2v) is 4.47. The average Bonchev–Trinajstić information content (AvgIpc) is 2.90. The molecule has 0 atom stereocenters. The number of carboxylic acid groups (broad SMARTS) is 2. The number of ether oxygens (including phenoxy) is 2. The fourth-order valence-electron chi connectivity index (χ4n) is 2.07. The van der Waals surface area contributed by atoms with Crippen LogP contribution in [0.5, 0.6) is 11.5 Å². The molecule has 0 aliphatic carbocycles. The minimum absolute atomic E-state index is 0.131. The quantitative estimate of drug-likeness (QED) is 0.900. The highest BCUT2D eigenvalue weighted by Crippen LogP contribution is 2.40. The Morgan fingerprint density at radius 3 is 1.76 bits per heavy atom. The summed E-state index contributed by atoms with van der Waals surface area (Å²) in [4.78, 5) is 22.2. The lowest BCUT2D eigenvalue weighted by Gasteiger charge is -2.12. The van der Waals surface area contributed by atoms with Gasteiger partial charge in [-0.15, -0.1) is 0 Å². The molecule has 2 N–H and O–H groups in total. The Hall–Kier alpha value is -3.02. The number of rotatable bonds is 3. The van der Waals surface area contributed by atoms with Gasteiger partial charge >= 0.3 is 11.9 Å². The van der Waals surface area contributed by atoms with Crippen molar-refractivity contribution in [3.63, 3.8) is 0 Å². The maximum absolute atomic E-state index is 11.1. The molecule has 1 heterocycles. The first-order valence-corrected chi connectivity index (χ1v) is 6.08. The van der Waals surface area contributed by atoms with Crippen molar-refractivity contribution in [2.24, 2.45) is 0 Å². The zero-order valence-corrected chi connectivity index (χ0v) is 10.6. The molecule has 0 saturated carbocycles. The fraction of sp³-hybridized carbons (Fsp3) is 0.0667. The number of fused-ring (bicyclic) bond motifs is 1. The smallest absolute Gasteiger partial charge is 0.335 e. The second-order valence-electron chi connectivity index (χ2n) is 4.47. The van der Waals surface area contributed by atoms with Crippen molar-refractivity contribution in [3.8, 4) is 11.5 Å². The standard InChI is InChI=1S/C15H10O6/c16-13(17)8-5-9(14(18)19)7-10(6-8)15-20-11-3-1-2-4-12(11)21-15/h1-7,15H,(H,16,17)(H,18,19). The molecule has 0 radical (unpaired) electrons. The van der Waals surface area contributed by atoms with E-state index < -0.39 is 18.2 Å². The van der Waals surface area contributed by atoms with E-state index in [0.717, 1.165) is 6.07 Å². The maximum atomic E-state index is 11.1. The van der Waals surface area contributed by atoms with Gasteiger partial charge in [0.1, 0.15) is 0 Å². The van der Waals surface area contributed by atoms with E-state index in [-0.39, 0.29) is 11.1 Å². The summed E-state index contributed by atoms with van der Waals surface area (Å²) < 4.78 is 11.1. The van der Waals surface area contributed by atoms with Gasteiger partial charge in [0.15, 0.2) is 11.5 Å². The van der Waals surface area contributed by atoms with Gasteiger partial charge in [-0.2, -0.15) is 0 Å². The maximum Gasteiger partial charge on any atom is 0.335 e. The van der Waals surface area contributed by atoms with Crippen molar-refractivity contribution in [1.82, 2.24) is 0 Å². The van der Waals surface area contributed by atoms with Crippen molar-refractivity contribution in [3.05, 3.63) is 59.2 Å². The molecule has 0 bridgehead atoms. The van der Waals surface area contributed by atoms with E-state index in [1.807, 2.05) is 0 Å². The first kappa shape index (κ1) is 13.0. The van der Waals surface area contributed by atoms with Gasteiger partial charge in [0.05, 0.1) is 11.1 Å². The highest BCUT2D eigenvalue weighted by Gasteiger charge is 2.27. The predicted molar refractivity (Wildman–Crippen MR) is 70.8 cm³/mol. The molecule has 106 valence electrons. The molecular formula is C15H10O6. The molecule has 6 heteroatoms. The molecule has 0 aromatic heterocycles. The van der Waals surface area contributed by atoms with E-state index in [1.54, 1.807) is 24.3 Å². The predicted octanol–water partition coefficient (Wildman–Crippen LogP) is 2.55. The highest BCUT2D eigenvalue weighted by molar-refractivity contribution is 5.94. The lowest BCUT2D eigenvalue weighted by Crippen LogP contribution is -2.12. The summed E-state index contributed by atoms with van der Waals surface area (Å²) in [6.45, 7) is 0. The normalized spacial score (nSPS) is 13.1.